The molecule has 0 aliphatic rings. The monoisotopic (exact) mass is 224 g/mol. The van der Waals surface area contributed by atoms with Crippen LogP contribution in [0.25, 0.3) is 0 Å². The van der Waals surface area contributed by atoms with Gasteiger partial charge in [0.05, 0.1) is 5.56 Å². The van der Waals surface area contributed by atoms with Crippen LogP contribution in [0.4, 0.5) is 0 Å². The Bertz CT molecular complexity index is 341. The maximum Gasteiger partial charge on any atom is 0.252 e. The van der Waals surface area contributed by atoms with Gasteiger partial charge in [0.25, 0.3) is 5.91 Å². The summed E-state index contributed by atoms with van der Waals surface area (Å²) in [5.41, 5.74) is 6.16. The molecule has 0 spiro atoms. The number of carbonyl (C=O) groups excluding carboxylic acids is 1. The van der Waals surface area contributed by atoms with E-state index in [1.54, 1.807) is 11.8 Å². The SMILES string of the molecule is CSc1ccccc1C(=O)N[C@H](C)CN. The van der Waals surface area contributed by atoms with Crippen molar-refractivity contribution in [1.29, 1.82) is 0 Å². The Morgan fingerprint density at radius 1 is 1.53 bits per heavy atom. The predicted molar refractivity (Wildman–Crippen MR) is 64.2 cm³/mol. The highest BCUT2D eigenvalue weighted by Crippen LogP contribution is 2.19. The number of nitrogens with one attached hydrogen (secondary N) is 1. The van der Waals surface area contributed by atoms with E-state index in [0.717, 1.165) is 4.90 Å². The van der Waals surface area contributed by atoms with E-state index in [-0.39, 0.29) is 11.9 Å². The zero-order chi connectivity index (χ0) is 11.3. The lowest BCUT2D eigenvalue weighted by Gasteiger charge is -2.12. The highest BCUT2D eigenvalue weighted by molar-refractivity contribution is 7.98. The first-order chi connectivity index (χ1) is 7.19. The molecule has 0 aromatic heterocycles. The molecule has 0 radical (unpaired) electrons. The molecule has 82 valence electrons. The van der Waals surface area contributed by atoms with Gasteiger partial charge in [0.1, 0.15) is 0 Å². The van der Waals surface area contributed by atoms with Crippen LogP contribution in [-0.2, 0) is 0 Å². The average Bonchev–Trinajstić information content (AvgIpc) is 2.28. The lowest BCUT2D eigenvalue weighted by Crippen LogP contribution is -2.37. The summed E-state index contributed by atoms with van der Waals surface area (Å²) in [6.45, 7) is 2.34. The van der Waals surface area contributed by atoms with E-state index in [1.807, 2.05) is 37.4 Å². The number of nitrogens with two attached hydrogens (primary N) is 1. The Morgan fingerprint density at radius 3 is 2.80 bits per heavy atom. The van der Waals surface area contributed by atoms with E-state index in [0.29, 0.717) is 12.1 Å². The molecule has 1 atom stereocenters. The van der Waals surface area contributed by atoms with Crippen molar-refractivity contribution in [2.45, 2.75) is 17.9 Å². The minimum absolute atomic E-state index is 0.00686. The van der Waals surface area contributed by atoms with E-state index in [1.165, 1.54) is 0 Å². The Morgan fingerprint density at radius 2 is 2.20 bits per heavy atom. The molecule has 0 aliphatic heterocycles. The van der Waals surface area contributed by atoms with Crippen LogP contribution in [0.1, 0.15) is 17.3 Å². The first kappa shape index (κ1) is 12.1. The van der Waals surface area contributed by atoms with Crippen LogP contribution < -0.4 is 11.1 Å². The molecular formula is C11H16N2OS. The Balaban J connectivity index is 2.81. The van der Waals surface area contributed by atoms with Crippen molar-refractivity contribution in [2.24, 2.45) is 5.73 Å². The van der Waals surface area contributed by atoms with Crippen LogP contribution in [0.2, 0.25) is 0 Å². The largest absolute Gasteiger partial charge is 0.348 e. The molecule has 4 heteroatoms. The number of carbonyl (C=O) groups is 1. The van der Waals surface area contributed by atoms with Gasteiger partial charge in [-0.1, -0.05) is 12.1 Å². The Kier molecular flexibility index (Phi) is 4.65. The second kappa shape index (κ2) is 5.78. The predicted octanol–water partition coefficient (Wildman–Crippen LogP) is 1.49. The third-order valence-corrected chi connectivity index (χ3v) is 2.88. The van der Waals surface area contributed by atoms with Crippen LogP contribution >= 0.6 is 11.8 Å². The van der Waals surface area contributed by atoms with Crippen LogP contribution in [-0.4, -0.2) is 24.7 Å². The summed E-state index contributed by atoms with van der Waals surface area (Å²) in [6, 6.07) is 7.56. The number of thioether (sulfide) groups is 1. The minimum Gasteiger partial charge on any atom is -0.348 e. The van der Waals surface area contributed by atoms with Crippen molar-refractivity contribution in [3.05, 3.63) is 29.8 Å². The lowest BCUT2D eigenvalue weighted by atomic mass is 10.2. The molecule has 0 heterocycles. The van der Waals surface area contributed by atoms with Crippen LogP contribution in [0.5, 0.6) is 0 Å². The molecule has 0 saturated heterocycles. The summed E-state index contributed by atoms with van der Waals surface area (Å²) in [4.78, 5) is 12.8. The van der Waals surface area contributed by atoms with Gasteiger partial charge in [-0.05, 0) is 25.3 Å². The molecule has 0 aliphatic carbocycles. The van der Waals surface area contributed by atoms with Gasteiger partial charge >= 0.3 is 0 Å². The third-order valence-electron chi connectivity index (χ3n) is 2.08. The van der Waals surface area contributed by atoms with Gasteiger partial charge in [-0.3, -0.25) is 4.79 Å². The number of hydrogen-bond acceptors (Lipinski definition) is 3. The van der Waals surface area contributed by atoms with E-state index in [4.69, 9.17) is 5.73 Å². The molecule has 1 amide bonds. The maximum atomic E-state index is 11.8. The number of benzene rings is 1. The summed E-state index contributed by atoms with van der Waals surface area (Å²) in [5.74, 6) is -0.0575. The van der Waals surface area contributed by atoms with E-state index >= 15 is 0 Å². The molecule has 1 aromatic carbocycles. The molecule has 0 unspecified atom stereocenters. The second-order valence-electron chi connectivity index (χ2n) is 3.31. The third kappa shape index (κ3) is 3.25. The highest BCUT2D eigenvalue weighted by atomic mass is 32.2. The molecule has 0 saturated carbocycles. The van der Waals surface area contributed by atoms with Crippen LogP contribution in [0.3, 0.4) is 0 Å². The lowest BCUT2D eigenvalue weighted by molar-refractivity contribution is 0.0938. The molecule has 3 N–H and O–H groups in total. The highest BCUT2D eigenvalue weighted by Gasteiger charge is 2.11. The van der Waals surface area contributed by atoms with Gasteiger partial charge in [-0.15, -0.1) is 11.8 Å². The van der Waals surface area contributed by atoms with Gasteiger partial charge < -0.3 is 11.1 Å². The summed E-state index contributed by atoms with van der Waals surface area (Å²) in [7, 11) is 0. The van der Waals surface area contributed by atoms with Gasteiger partial charge in [0.15, 0.2) is 0 Å². The molecule has 15 heavy (non-hydrogen) atoms. The average molecular weight is 224 g/mol. The standard InChI is InChI=1S/C11H16N2OS/c1-8(7-12)13-11(14)9-5-3-4-6-10(9)15-2/h3-6,8H,7,12H2,1-2H3,(H,13,14)/t8-/m1/s1. The summed E-state index contributed by atoms with van der Waals surface area (Å²) in [6.07, 6.45) is 1.96. The van der Waals surface area contributed by atoms with E-state index < -0.39 is 0 Å². The minimum atomic E-state index is -0.0575. The Labute approximate surface area is 94.4 Å². The quantitative estimate of drug-likeness (QED) is 0.762. The summed E-state index contributed by atoms with van der Waals surface area (Å²) >= 11 is 1.57. The number of hydrogen-bond donors (Lipinski definition) is 2. The maximum absolute atomic E-state index is 11.8. The van der Waals surface area contributed by atoms with Crippen LogP contribution in [0, 0.1) is 0 Å². The molecule has 1 aromatic rings. The first-order valence-corrected chi connectivity index (χ1v) is 6.05. The zero-order valence-electron chi connectivity index (χ0n) is 8.99. The summed E-state index contributed by atoms with van der Waals surface area (Å²) < 4.78 is 0. The topological polar surface area (TPSA) is 55.1 Å². The fraction of sp³-hybridized carbons (Fsp3) is 0.364. The number of rotatable bonds is 4. The van der Waals surface area contributed by atoms with Crippen molar-refractivity contribution < 1.29 is 4.79 Å². The Hall–Kier alpha value is -1.00. The molecule has 0 bridgehead atoms. The van der Waals surface area contributed by atoms with Gasteiger partial charge in [0, 0.05) is 17.5 Å². The van der Waals surface area contributed by atoms with Crippen molar-refractivity contribution in [3.63, 3.8) is 0 Å². The van der Waals surface area contributed by atoms with Gasteiger partial charge in [-0.25, -0.2) is 0 Å². The van der Waals surface area contributed by atoms with E-state index in [2.05, 4.69) is 5.32 Å². The smallest absolute Gasteiger partial charge is 0.252 e. The second-order valence-corrected chi connectivity index (χ2v) is 4.16. The number of amides is 1. The van der Waals surface area contributed by atoms with Crippen LogP contribution in [0.15, 0.2) is 29.2 Å². The van der Waals surface area contributed by atoms with Crippen molar-refractivity contribution in [3.8, 4) is 0 Å². The van der Waals surface area contributed by atoms with Crippen molar-refractivity contribution in [1.82, 2.24) is 5.32 Å². The molecule has 0 fully saturated rings. The fourth-order valence-corrected chi connectivity index (χ4v) is 1.79. The van der Waals surface area contributed by atoms with Gasteiger partial charge in [-0.2, -0.15) is 0 Å². The van der Waals surface area contributed by atoms with Gasteiger partial charge in [0.2, 0.25) is 0 Å². The summed E-state index contributed by atoms with van der Waals surface area (Å²) in [5, 5.41) is 2.84. The normalized spacial score (nSPS) is 12.2. The molecular weight excluding hydrogens is 208 g/mol. The zero-order valence-corrected chi connectivity index (χ0v) is 9.80. The van der Waals surface area contributed by atoms with Crippen molar-refractivity contribution >= 4 is 17.7 Å². The molecule has 3 nitrogen and oxygen atoms in total. The molecule has 1 rings (SSSR count). The van der Waals surface area contributed by atoms with Crippen molar-refractivity contribution in [2.75, 3.05) is 12.8 Å². The first-order valence-electron chi connectivity index (χ1n) is 4.83. The van der Waals surface area contributed by atoms with E-state index in [9.17, 15) is 4.79 Å². The fourth-order valence-electron chi connectivity index (χ4n) is 1.19.